The molecule has 15 heteroatoms. The number of likely N-dealkylation sites (tertiary alicyclic amines) is 1. The molecule has 5 N–H and O–H groups in total. The Hall–Kier alpha value is -6.03. The second kappa shape index (κ2) is 18.8. The van der Waals surface area contributed by atoms with Crippen molar-refractivity contribution in [1.29, 1.82) is 0 Å². The number of phenols is 1. The zero-order valence-corrected chi connectivity index (χ0v) is 38.2. The summed E-state index contributed by atoms with van der Waals surface area (Å²) in [5.41, 5.74) is 7.23. The molecule has 1 unspecified atom stereocenters. The summed E-state index contributed by atoms with van der Waals surface area (Å²) in [6, 6.07) is 15.8. The fourth-order valence-corrected chi connectivity index (χ4v) is 9.83. The van der Waals surface area contributed by atoms with Crippen LogP contribution in [0.5, 0.6) is 5.75 Å². The number of cyclic esters (lactones) is 1. The molecule has 2 saturated heterocycles. The van der Waals surface area contributed by atoms with Crippen LogP contribution in [0.25, 0.3) is 33.3 Å². The van der Waals surface area contributed by atoms with Crippen molar-refractivity contribution in [2.45, 2.75) is 104 Å². The molecule has 15 nitrogen and oxygen atoms in total. The number of ether oxygens (including phenoxy) is 1. The Morgan fingerprint density at radius 1 is 1.06 bits per heavy atom. The molecule has 346 valence electrons. The number of esters is 1. The average molecular weight is 891 g/mol. The maximum atomic E-state index is 14.7. The second-order valence-electron chi connectivity index (χ2n) is 18.9. The van der Waals surface area contributed by atoms with Crippen LogP contribution in [0, 0.1) is 11.3 Å². The van der Waals surface area contributed by atoms with Crippen molar-refractivity contribution in [2.24, 2.45) is 11.3 Å². The lowest BCUT2D eigenvalue weighted by Crippen LogP contribution is -2.63. The van der Waals surface area contributed by atoms with Crippen LogP contribution in [0.4, 0.5) is 0 Å². The molecule has 0 saturated carbocycles. The van der Waals surface area contributed by atoms with Crippen LogP contribution in [0.2, 0.25) is 0 Å². The minimum atomic E-state index is -1.93. The fraction of sp³-hybridized carbons (Fsp3) is 0.460. The van der Waals surface area contributed by atoms with Crippen LogP contribution in [0.15, 0.2) is 73.3 Å². The van der Waals surface area contributed by atoms with Crippen LogP contribution >= 0.6 is 0 Å². The SMILES string of the molecule is C=CC(=O)N1CCC(O)(C(=O)N(C)[C@H](C(=O)N[C@H]2Cc3cc(O)cc(c3)-c3ccc4c(c3)c(c(-c3ccccc3CO)n4CC)CC(C)(C)COC(=O)[C@@H]3CCCN(N3)C2=O)C(C)C)C1. The smallest absolute Gasteiger partial charge is 0.324 e. The molecule has 0 radical (unpaired) electrons. The number of aromatic hydroxyl groups is 1. The van der Waals surface area contributed by atoms with E-state index in [4.69, 9.17) is 4.74 Å². The topological polar surface area (TPSA) is 194 Å². The van der Waals surface area contributed by atoms with Gasteiger partial charge in [-0.2, -0.15) is 0 Å². The summed E-state index contributed by atoms with van der Waals surface area (Å²) in [4.78, 5) is 71.8. The summed E-state index contributed by atoms with van der Waals surface area (Å²) in [7, 11) is 1.42. The lowest BCUT2D eigenvalue weighted by Gasteiger charge is -2.37. The third kappa shape index (κ3) is 9.54. The predicted octanol–water partition coefficient (Wildman–Crippen LogP) is 4.47. The first-order chi connectivity index (χ1) is 30.9. The quantitative estimate of drug-likeness (QED) is 0.118. The highest BCUT2D eigenvalue weighted by Crippen LogP contribution is 2.41. The maximum Gasteiger partial charge on any atom is 0.324 e. The molecule has 4 amide bonds. The molecule has 65 heavy (non-hydrogen) atoms. The number of nitrogens with zero attached hydrogens (tertiary/aromatic N) is 4. The molecule has 4 atom stereocenters. The van der Waals surface area contributed by atoms with Crippen molar-refractivity contribution in [3.8, 4) is 28.1 Å². The van der Waals surface area contributed by atoms with E-state index < -0.39 is 64.7 Å². The Morgan fingerprint density at radius 2 is 1.82 bits per heavy atom. The maximum absolute atomic E-state index is 14.7. The summed E-state index contributed by atoms with van der Waals surface area (Å²) in [6.45, 7) is 13.8. The normalized spacial score (nSPS) is 21.7. The van der Waals surface area contributed by atoms with Gasteiger partial charge in [0.1, 0.15) is 23.9 Å². The van der Waals surface area contributed by atoms with Gasteiger partial charge in [-0.3, -0.25) is 29.0 Å². The van der Waals surface area contributed by atoms with E-state index in [9.17, 15) is 39.3 Å². The van der Waals surface area contributed by atoms with E-state index in [1.807, 2.05) is 56.3 Å². The Kier molecular flexibility index (Phi) is 13.6. The number of likely N-dealkylation sites (N-methyl/N-ethyl adjacent to an activating group) is 1. The molecule has 3 aliphatic rings. The lowest BCUT2D eigenvalue weighted by molar-refractivity contribution is -0.156. The fourth-order valence-electron chi connectivity index (χ4n) is 9.83. The first-order valence-corrected chi connectivity index (χ1v) is 22.5. The monoisotopic (exact) mass is 890 g/mol. The molecule has 4 aromatic rings. The van der Waals surface area contributed by atoms with Gasteiger partial charge in [-0.25, -0.2) is 5.43 Å². The molecule has 2 fully saturated rings. The van der Waals surface area contributed by atoms with Crippen LogP contribution in [0.1, 0.15) is 70.6 Å². The first-order valence-electron chi connectivity index (χ1n) is 22.5. The average Bonchev–Trinajstić information content (AvgIpc) is 3.84. The van der Waals surface area contributed by atoms with Gasteiger partial charge in [-0.05, 0) is 90.3 Å². The number of carbonyl (C=O) groups excluding carboxylic acids is 5. The van der Waals surface area contributed by atoms with Gasteiger partial charge in [-0.1, -0.05) is 70.7 Å². The number of amides is 4. The molecule has 0 aliphatic carbocycles. The Bertz CT molecular complexity index is 2510. The summed E-state index contributed by atoms with van der Waals surface area (Å²) in [5.74, 6) is -3.38. The number of hydrogen-bond acceptors (Lipinski definition) is 10. The third-order valence-corrected chi connectivity index (χ3v) is 13.1. The number of β-amino-alcohol motifs (C(OH)–C–C–N with tert-alkyl or cyclic N) is 1. The summed E-state index contributed by atoms with van der Waals surface area (Å²) < 4.78 is 8.29. The zero-order valence-electron chi connectivity index (χ0n) is 38.2. The Balaban J connectivity index is 1.30. The Morgan fingerprint density at radius 3 is 2.52 bits per heavy atom. The van der Waals surface area contributed by atoms with Gasteiger partial charge in [0.25, 0.3) is 11.8 Å². The molecule has 0 spiro atoms. The van der Waals surface area contributed by atoms with Gasteiger partial charge < -0.3 is 39.7 Å². The predicted molar refractivity (Wildman–Crippen MR) is 246 cm³/mol. The van der Waals surface area contributed by atoms with E-state index in [2.05, 4.69) is 34.9 Å². The van der Waals surface area contributed by atoms with Gasteiger partial charge in [0.05, 0.1) is 25.5 Å². The van der Waals surface area contributed by atoms with Gasteiger partial charge in [-0.15, -0.1) is 0 Å². The van der Waals surface area contributed by atoms with E-state index in [-0.39, 0.29) is 51.4 Å². The number of rotatable bonds is 9. The number of carbonyl (C=O) groups is 5. The third-order valence-electron chi connectivity index (χ3n) is 13.1. The number of hydrazine groups is 1. The van der Waals surface area contributed by atoms with Crippen LogP contribution in [0.3, 0.4) is 0 Å². The lowest BCUT2D eigenvalue weighted by atomic mass is 9.84. The highest BCUT2D eigenvalue weighted by molar-refractivity contribution is 5.97. The van der Waals surface area contributed by atoms with Gasteiger partial charge >= 0.3 is 5.97 Å². The molecule has 1 aromatic heterocycles. The van der Waals surface area contributed by atoms with Crippen molar-refractivity contribution < 1.29 is 44.0 Å². The van der Waals surface area contributed by atoms with E-state index in [1.54, 1.807) is 26.0 Å². The van der Waals surface area contributed by atoms with Crippen molar-refractivity contribution in [3.05, 3.63) is 90.0 Å². The van der Waals surface area contributed by atoms with E-state index in [0.29, 0.717) is 36.9 Å². The number of nitrogens with one attached hydrogen (secondary N) is 2. The molecule has 3 aliphatic heterocycles. The zero-order chi connectivity index (χ0) is 47.0. The van der Waals surface area contributed by atoms with Gasteiger partial charge in [0.2, 0.25) is 11.8 Å². The first kappa shape index (κ1) is 46.9. The highest BCUT2D eigenvalue weighted by atomic mass is 16.5. The van der Waals surface area contributed by atoms with Gasteiger partial charge in [0, 0.05) is 61.4 Å². The largest absolute Gasteiger partial charge is 0.508 e. The number of aromatic nitrogens is 1. The Labute approximate surface area is 380 Å². The van der Waals surface area contributed by atoms with Crippen molar-refractivity contribution in [2.75, 3.05) is 33.3 Å². The van der Waals surface area contributed by atoms with Crippen LogP contribution in [-0.4, -0.2) is 121 Å². The van der Waals surface area contributed by atoms with Crippen LogP contribution < -0.4 is 10.7 Å². The van der Waals surface area contributed by atoms with Gasteiger partial charge in [0.15, 0.2) is 5.60 Å². The number of aryl methyl sites for hydroxylation is 1. The molecular weight excluding hydrogens is 829 g/mol. The number of aliphatic hydroxyl groups excluding tert-OH is 1. The molecule has 7 rings (SSSR count). The number of benzene rings is 3. The minimum Gasteiger partial charge on any atom is -0.508 e. The second-order valence-corrected chi connectivity index (χ2v) is 18.9. The van der Waals surface area contributed by atoms with E-state index >= 15 is 0 Å². The number of aliphatic hydroxyl groups is 2. The molecule has 3 aromatic carbocycles. The molecule has 4 heterocycles. The number of hydrogen-bond donors (Lipinski definition) is 5. The van der Waals surface area contributed by atoms with E-state index in [0.717, 1.165) is 44.9 Å². The summed E-state index contributed by atoms with van der Waals surface area (Å²) in [5, 5.41) is 38.4. The van der Waals surface area contributed by atoms with Crippen molar-refractivity contribution in [1.82, 2.24) is 30.1 Å². The summed E-state index contributed by atoms with van der Waals surface area (Å²) in [6.07, 6.45) is 2.42. The number of phenolic OH excluding ortho intramolecular Hbond substituents is 1. The standard InChI is InChI=1S/C50H62N6O9/c1-8-42(59)54-20-18-50(64,28-54)48(63)53(7)43(30(3)4)45(60)51-40-23-31-21-34(24-35(58)22-31)32-16-17-41-37(25-32)38(44(55(41)9-2)36-14-11-10-13-33(36)27-57)26-49(5,6)29-65-47(62)39-15-12-19-56(52-39)46(40)61/h8,10-11,13-14,16-17,21-22,24-25,30,39-40,43,52,57-58,64H,1,9,12,15,18-20,23,26-29H2,2-7H3,(H,51,60)/t39-,40-,43-,50?/m0/s1. The molecule has 6 bridgehead atoms. The molecular formula is C50H62N6O9. The number of fused-ring (bicyclic) bond motifs is 6. The van der Waals surface area contributed by atoms with Crippen LogP contribution in [-0.2, 0) is 54.7 Å². The minimum absolute atomic E-state index is 0.0254. The van der Waals surface area contributed by atoms with Crippen molar-refractivity contribution in [3.63, 3.8) is 0 Å². The van der Waals surface area contributed by atoms with Crippen molar-refractivity contribution >= 4 is 40.5 Å². The van der Waals surface area contributed by atoms with E-state index in [1.165, 1.54) is 21.9 Å². The summed E-state index contributed by atoms with van der Waals surface area (Å²) >= 11 is 0. The highest BCUT2D eigenvalue weighted by Gasteiger charge is 2.48.